The number of carboxylic acids is 1. The number of ether oxygens (including phenoxy) is 1. The van der Waals surface area contributed by atoms with Gasteiger partial charge in [0.1, 0.15) is 5.75 Å². The SMILES string of the molecule is COc1cccc(NC(=O)CC2(C(=O)O)CCC2)c1. The van der Waals surface area contributed by atoms with Crippen LogP contribution in [0.25, 0.3) is 0 Å². The zero-order chi connectivity index (χ0) is 13.9. The lowest BCUT2D eigenvalue weighted by Gasteiger charge is -2.36. The van der Waals surface area contributed by atoms with Crippen molar-refractivity contribution in [3.05, 3.63) is 24.3 Å². The van der Waals surface area contributed by atoms with Gasteiger partial charge < -0.3 is 15.2 Å². The number of amides is 1. The van der Waals surface area contributed by atoms with E-state index in [4.69, 9.17) is 4.74 Å². The van der Waals surface area contributed by atoms with Gasteiger partial charge in [0.05, 0.1) is 12.5 Å². The van der Waals surface area contributed by atoms with Crippen LogP contribution in [0.5, 0.6) is 5.75 Å². The van der Waals surface area contributed by atoms with Crippen molar-refractivity contribution in [1.82, 2.24) is 0 Å². The molecule has 2 rings (SSSR count). The molecule has 0 atom stereocenters. The molecule has 1 aliphatic carbocycles. The third-order valence-corrected chi connectivity index (χ3v) is 3.62. The molecule has 5 heteroatoms. The average Bonchev–Trinajstić information content (AvgIpc) is 2.33. The first kappa shape index (κ1) is 13.4. The minimum Gasteiger partial charge on any atom is -0.497 e. The monoisotopic (exact) mass is 263 g/mol. The van der Waals surface area contributed by atoms with E-state index in [-0.39, 0.29) is 12.3 Å². The highest BCUT2D eigenvalue weighted by atomic mass is 16.5. The summed E-state index contributed by atoms with van der Waals surface area (Å²) in [4.78, 5) is 23.1. The number of carbonyl (C=O) groups excluding carboxylic acids is 1. The van der Waals surface area contributed by atoms with Crippen LogP contribution in [0.4, 0.5) is 5.69 Å². The van der Waals surface area contributed by atoms with Gasteiger partial charge in [-0.3, -0.25) is 9.59 Å². The number of rotatable bonds is 5. The number of nitrogens with one attached hydrogen (secondary N) is 1. The van der Waals surface area contributed by atoms with Crippen LogP contribution in [0.2, 0.25) is 0 Å². The molecule has 1 saturated carbocycles. The maximum absolute atomic E-state index is 11.9. The Morgan fingerprint density at radius 1 is 1.42 bits per heavy atom. The number of benzene rings is 1. The van der Waals surface area contributed by atoms with Crippen LogP contribution in [-0.2, 0) is 9.59 Å². The molecule has 0 heterocycles. The maximum atomic E-state index is 11.9. The molecule has 1 aromatic rings. The van der Waals surface area contributed by atoms with Crippen LogP contribution in [0.3, 0.4) is 0 Å². The fraction of sp³-hybridized carbons (Fsp3) is 0.429. The number of anilines is 1. The van der Waals surface area contributed by atoms with Crippen molar-refractivity contribution in [2.45, 2.75) is 25.7 Å². The van der Waals surface area contributed by atoms with E-state index in [1.54, 1.807) is 31.4 Å². The first-order valence-electron chi connectivity index (χ1n) is 6.23. The number of hydrogen-bond acceptors (Lipinski definition) is 3. The summed E-state index contributed by atoms with van der Waals surface area (Å²) in [6, 6.07) is 6.99. The second kappa shape index (κ2) is 5.30. The molecule has 0 bridgehead atoms. The highest BCUT2D eigenvalue weighted by molar-refractivity contribution is 5.94. The lowest BCUT2D eigenvalue weighted by Crippen LogP contribution is -2.41. The summed E-state index contributed by atoms with van der Waals surface area (Å²) in [7, 11) is 1.55. The first-order chi connectivity index (χ1) is 9.05. The molecule has 0 unspecified atom stereocenters. The Morgan fingerprint density at radius 2 is 2.16 bits per heavy atom. The normalized spacial score (nSPS) is 16.3. The molecule has 1 amide bonds. The molecular formula is C14H17NO4. The standard InChI is InChI=1S/C14H17NO4/c1-19-11-5-2-4-10(8-11)15-12(16)9-14(13(17)18)6-3-7-14/h2,4-5,8H,3,6-7,9H2,1H3,(H,15,16)(H,17,18). The summed E-state index contributed by atoms with van der Waals surface area (Å²) < 4.78 is 5.06. The van der Waals surface area contributed by atoms with Gasteiger partial charge in [-0.1, -0.05) is 12.5 Å². The Morgan fingerprint density at radius 3 is 2.68 bits per heavy atom. The summed E-state index contributed by atoms with van der Waals surface area (Å²) in [5, 5.41) is 11.9. The minimum absolute atomic E-state index is 0.0273. The number of carbonyl (C=O) groups is 2. The predicted molar refractivity (Wildman–Crippen MR) is 70.2 cm³/mol. The Labute approximate surface area is 111 Å². The minimum atomic E-state index is -0.875. The largest absolute Gasteiger partial charge is 0.497 e. The Hall–Kier alpha value is -2.04. The van der Waals surface area contributed by atoms with Crippen molar-refractivity contribution >= 4 is 17.6 Å². The maximum Gasteiger partial charge on any atom is 0.310 e. The summed E-state index contributed by atoms with van der Waals surface area (Å²) in [5.74, 6) is -0.496. The van der Waals surface area contributed by atoms with Gasteiger partial charge in [0.15, 0.2) is 0 Å². The quantitative estimate of drug-likeness (QED) is 0.854. The Bertz CT molecular complexity index is 494. The van der Waals surface area contributed by atoms with Crippen molar-refractivity contribution in [2.24, 2.45) is 5.41 Å². The zero-order valence-electron chi connectivity index (χ0n) is 10.8. The van der Waals surface area contributed by atoms with Gasteiger partial charge in [-0.25, -0.2) is 0 Å². The summed E-state index contributed by atoms with van der Waals surface area (Å²) in [6.07, 6.45) is 2.06. The van der Waals surface area contributed by atoms with E-state index in [1.807, 2.05) is 0 Å². The molecule has 1 fully saturated rings. The molecule has 0 aliphatic heterocycles. The van der Waals surface area contributed by atoms with E-state index in [0.29, 0.717) is 24.3 Å². The Kier molecular flexibility index (Phi) is 3.74. The van der Waals surface area contributed by atoms with E-state index in [9.17, 15) is 14.7 Å². The third-order valence-electron chi connectivity index (χ3n) is 3.62. The van der Waals surface area contributed by atoms with Crippen LogP contribution < -0.4 is 10.1 Å². The van der Waals surface area contributed by atoms with Crippen molar-refractivity contribution < 1.29 is 19.4 Å². The van der Waals surface area contributed by atoms with E-state index in [0.717, 1.165) is 6.42 Å². The second-order valence-corrected chi connectivity index (χ2v) is 4.90. The number of hydrogen-bond donors (Lipinski definition) is 2. The van der Waals surface area contributed by atoms with E-state index in [2.05, 4.69) is 5.32 Å². The molecule has 0 radical (unpaired) electrons. The van der Waals surface area contributed by atoms with Gasteiger partial charge in [0.2, 0.25) is 5.91 Å². The highest BCUT2D eigenvalue weighted by Gasteiger charge is 2.45. The van der Waals surface area contributed by atoms with Gasteiger partial charge >= 0.3 is 5.97 Å². The van der Waals surface area contributed by atoms with Gasteiger partial charge in [-0.2, -0.15) is 0 Å². The van der Waals surface area contributed by atoms with Crippen LogP contribution in [0, 0.1) is 5.41 Å². The molecule has 0 aromatic heterocycles. The molecule has 102 valence electrons. The zero-order valence-corrected chi connectivity index (χ0v) is 10.8. The van der Waals surface area contributed by atoms with Gasteiger partial charge in [0, 0.05) is 18.2 Å². The lowest BCUT2D eigenvalue weighted by atomic mass is 9.66. The number of methoxy groups -OCH3 is 1. The molecule has 5 nitrogen and oxygen atoms in total. The lowest BCUT2D eigenvalue weighted by molar-refractivity contribution is -0.157. The van der Waals surface area contributed by atoms with Crippen molar-refractivity contribution in [1.29, 1.82) is 0 Å². The smallest absolute Gasteiger partial charge is 0.310 e. The van der Waals surface area contributed by atoms with Gasteiger partial charge in [-0.05, 0) is 25.0 Å². The second-order valence-electron chi connectivity index (χ2n) is 4.90. The van der Waals surface area contributed by atoms with Crippen LogP contribution >= 0.6 is 0 Å². The molecule has 19 heavy (non-hydrogen) atoms. The summed E-state index contributed by atoms with van der Waals surface area (Å²) in [6.45, 7) is 0. The van der Waals surface area contributed by atoms with Crippen molar-refractivity contribution in [3.63, 3.8) is 0 Å². The van der Waals surface area contributed by atoms with Gasteiger partial charge in [0.25, 0.3) is 0 Å². The van der Waals surface area contributed by atoms with Crippen LogP contribution in [0.1, 0.15) is 25.7 Å². The summed E-state index contributed by atoms with van der Waals surface area (Å²) >= 11 is 0. The predicted octanol–water partition coefficient (Wildman–Crippen LogP) is 2.28. The summed E-state index contributed by atoms with van der Waals surface area (Å²) in [5.41, 5.74) is -0.243. The van der Waals surface area contributed by atoms with E-state index in [1.165, 1.54) is 0 Å². The number of carboxylic acid groups (broad SMARTS) is 1. The first-order valence-corrected chi connectivity index (χ1v) is 6.23. The topological polar surface area (TPSA) is 75.6 Å². The van der Waals surface area contributed by atoms with Crippen LogP contribution in [0.15, 0.2) is 24.3 Å². The van der Waals surface area contributed by atoms with E-state index < -0.39 is 11.4 Å². The van der Waals surface area contributed by atoms with Crippen molar-refractivity contribution in [3.8, 4) is 5.75 Å². The van der Waals surface area contributed by atoms with Gasteiger partial charge in [-0.15, -0.1) is 0 Å². The molecule has 0 spiro atoms. The third kappa shape index (κ3) is 2.86. The van der Waals surface area contributed by atoms with E-state index >= 15 is 0 Å². The molecule has 2 N–H and O–H groups in total. The molecule has 0 saturated heterocycles. The molecule has 1 aliphatic rings. The highest BCUT2D eigenvalue weighted by Crippen LogP contribution is 2.44. The fourth-order valence-corrected chi connectivity index (χ4v) is 2.28. The molecular weight excluding hydrogens is 246 g/mol. The molecule has 1 aromatic carbocycles. The fourth-order valence-electron chi connectivity index (χ4n) is 2.28. The van der Waals surface area contributed by atoms with Crippen LogP contribution in [-0.4, -0.2) is 24.1 Å². The van der Waals surface area contributed by atoms with Crippen molar-refractivity contribution in [2.75, 3.05) is 12.4 Å². The average molecular weight is 263 g/mol. The Balaban J connectivity index is 1.99. The number of aliphatic carboxylic acids is 1.